The van der Waals surface area contributed by atoms with Crippen LogP contribution >= 0.6 is 0 Å². The number of carbonyl (C=O) groups excluding carboxylic acids is 1. The van der Waals surface area contributed by atoms with Crippen molar-refractivity contribution in [3.8, 4) is 0 Å². The van der Waals surface area contributed by atoms with Gasteiger partial charge in [0, 0.05) is 40.3 Å². The highest BCUT2D eigenvalue weighted by Gasteiger charge is 2.22. The van der Waals surface area contributed by atoms with Gasteiger partial charge in [-0.25, -0.2) is 4.79 Å². The van der Waals surface area contributed by atoms with E-state index in [4.69, 9.17) is 4.74 Å². The summed E-state index contributed by atoms with van der Waals surface area (Å²) in [4.78, 5) is 15.3. The summed E-state index contributed by atoms with van der Waals surface area (Å²) < 4.78 is 5.66. The molecule has 0 spiro atoms. The minimum Gasteiger partial charge on any atom is -0.373 e. The zero-order chi connectivity index (χ0) is 12.1. The molecule has 94 valence electrons. The third kappa shape index (κ3) is 3.98. The SMILES string of the molecule is CNC(=O)N(C)CCN1C[C@@H](C)O[C@@H](C)C1. The highest BCUT2D eigenvalue weighted by Crippen LogP contribution is 2.09. The topological polar surface area (TPSA) is 44.8 Å². The zero-order valence-electron chi connectivity index (χ0n) is 10.7. The Labute approximate surface area is 97.7 Å². The Hall–Kier alpha value is -0.810. The van der Waals surface area contributed by atoms with E-state index in [9.17, 15) is 4.79 Å². The second kappa shape index (κ2) is 6.06. The number of carbonyl (C=O) groups is 1. The third-order valence-electron chi connectivity index (χ3n) is 2.81. The standard InChI is InChI=1S/C11H23N3O2/c1-9-7-14(8-10(2)16-9)6-5-13(4)11(15)12-3/h9-10H,5-8H2,1-4H3,(H,12,15)/t9-,10+. The Morgan fingerprint density at radius 2 is 2.00 bits per heavy atom. The second-order valence-electron chi connectivity index (χ2n) is 4.49. The third-order valence-corrected chi connectivity index (χ3v) is 2.81. The molecule has 0 aromatic rings. The average Bonchev–Trinajstić information content (AvgIpc) is 2.23. The van der Waals surface area contributed by atoms with Crippen LogP contribution in [0, 0.1) is 0 Å². The van der Waals surface area contributed by atoms with Crippen molar-refractivity contribution in [3.63, 3.8) is 0 Å². The number of amides is 2. The lowest BCUT2D eigenvalue weighted by Gasteiger charge is -2.36. The molecule has 1 heterocycles. The fraction of sp³-hybridized carbons (Fsp3) is 0.909. The number of morpholine rings is 1. The van der Waals surface area contributed by atoms with E-state index in [-0.39, 0.29) is 18.2 Å². The molecule has 1 fully saturated rings. The van der Waals surface area contributed by atoms with Crippen LogP contribution in [0.5, 0.6) is 0 Å². The Morgan fingerprint density at radius 3 is 2.50 bits per heavy atom. The van der Waals surface area contributed by atoms with Crippen LogP contribution in [0.25, 0.3) is 0 Å². The van der Waals surface area contributed by atoms with Crippen molar-refractivity contribution in [3.05, 3.63) is 0 Å². The minimum atomic E-state index is -0.0330. The van der Waals surface area contributed by atoms with Crippen LogP contribution in [0.15, 0.2) is 0 Å². The van der Waals surface area contributed by atoms with Crippen LogP contribution in [0.1, 0.15) is 13.8 Å². The molecule has 1 rings (SSSR count). The highest BCUT2D eigenvalue weighted by molar-refractivity contribution is 5.73. The molecule has 0 saturated carbocycles. The molecule has 2 amide bonds. The van der Waals surface area contributed by atoms with E-state index in [2.05, 4.69) is 24.1 Å². The fourth-order valence-corrected chi connectivity index (χ4v) is 2.05. The molecular formula is C11H23N3O2. The van der Waals surface area contributed by atoms with E-state index < -0.39 is 0 Å². The molecule has 0 aromatic carbocycles. The summed E-state index contributed by atoms with van der Waals surface area (Å²) in [7, 11) is 3.46. The zero-order valence-corrected chi connectivity index (χ0v) is 10.7. The lowest BCUT2D eigenvalue weighted by atomic mass is 10.2. The molecule has 0 bridgehead atoms. The largest absolute Gasteiger partial charge is 0.373 e. The second-order valence-corrected chi connectivity index (χ2v) is 4.49. The number of rotatable bonds is 3. The van der Waals surface area contributed by atoms with Gasteiger partial charge in [-0.3, -0.25) is 4.90 Å². The van der Waals surface area contributed by atoms with Crippen LogP contribution in [0.2, 0.25) is 0 Å². The molecule has 0 aromatic heterocycles. The number of nitrogens with one attached hydrogen (secondary N) is 1. The molecule has 16 heavy (non-hydrogen) atoms. The van der Waals surface area contributed by atoms with Crippen molar-refractivity contribution in [2.75, 3.05) is 40.3 Å². The van der Waals surface area contributed by atoms with Crippen molar-refractivity contribution >= 4 is 6.03 Å². The summed E-state index contributed by atoms with van der Waals surface area (Å²) in [5, 5.41) is 2.61. The molecule has 1 saturated heterocycles. The predicted molar refractivity (Wildman–Crippen MR) is 63.5 cm³/mol. The Balaban J connectivity index is 2.29. The highest BCUT2D eigenvalue weighted by atomic mass is 16.5. The van der Waals surface area contributed by atoms with Crippen LogP contribution in [-0.2, 0) is 4.74 Å². The van der Waals surface area contributed by atoms with E-state index in [0.29, 0.717) is 0 Å². The summed E-state index contributed by atoms with van der Waals surface area (Å²) in [6, 6.07) is -0.0330. The quantitative estimate of drug-likeness (QED) is 0.760. The molecule has 0 unspecified atom stereocenters. The maximum Gasteiger partial charge on any atom is 0.316 e. The van der Waals surface area contributed by atoms with Crippen molar-refractivity contribution in [2.24, 2.45) is 0 Å². The molecule has 5 heteroatoms. The number of urea groups is 1. The minimum absolute atomic E-state index is 0.0330. The van der Waals surface area contributed by atoms with E-state index >= 15 is 0 Å². The first-order valence-corrected chi connectivity index (χ1v) is 5.83. The molecular weight excluding hydrogens is 206 g/mol. The smallest absolute Gasteiger partial charge is 0.316 e. The number of hydrogen-bond acceptors (Lipinski definition) is 3. The Kier molecular flexibility index (Phi) is 5.02. The van der Waals surface area contributed by atoms with Crippen LogP contribution < -0.4 is 5.32 Å². The summed E-state index contributed by atoms with van der Waals surface area (Å²) in [6.07, 6.45) is 0.572. The van der Waals surface area contributed by atoms with Gasteiger partial charge in [-0.2, -0.15) is 0 Å². The van der Waals surface area contributed by atoms with Crippen molar-refractivity contribution in [1.29, 1.82) is 0 Å². The molecule has 0 radical (unpaired) electrons. The Morgan fingerprint density at radius 1 is 1.44 bits per heavy atom. The van der Waals surface area contributed by atoms with Crippen LogP contribution in [0.4, 0.5) is 4.79 Å². The van der Waals surface area contributed by atoms with Gasteiger partial charge < -0.3 is 15.0 Å². The van der Waals surface area contributed by atoms with Gasteiger partial charge in [0.1, 0.15) is 0 Å². The van der Waals surface area contributed by atoms with E-state index in [1.54, 1.807) is 11.9 Å². The normalized spacial score (nSPS) is 26.5. The number of ether oxygens (including phenoxy) is 1. The van der Waals surface area contributed by atoms with Gasteiger partial charge in [0.15, 0.2) is 0 Å². The Bertz CT molecular complexity index is 225. The van der Waals surface area contributed by atoms with Gasteiger partial charge in [0.2, 0.25) is 0 Å². The van der Waals surface area contributed by atoms with Crippen molar-refractivity contribution in [1.82, 2.24) is 15.1 Å². The van der Waals surface area contributed by atoms with E-state index in [1.807, 2.05) is 7.05 Å². The molecule has 1 N–H and O–H groups in total. The summed E-state index contributed by atoms with van der Waals surface area (Å²) >= 11 is 0. The van der Waals surface area contributed by atoms with E-state index in [0.717, 1.165) is 26.2 Å². The summed E-state index contributed by atoms with van der Waals surface area (Å²) in [6.45, 7) is 7.73. The molecule has 1 aliphatic heterocycles. The summed E-state index contributed by atoms with van der Waals surface area (Å²) in [5.74, 6) is 0. The van der Waals surface area contributed by atoms with E-state index in [1.165, 1.54) is 0 Å². The lowest BCUT2D eigenvalue weighted by molar-refractivity contribution is -0.0684. The number of nitrogens with zero attached hydrogens (tertiary/aromatic N) is 2. The maximum atomic E-state index is 11.3. The van der Waals surface area contributed by atoms with Gasteiger partial charge in [-0.05, 0) is 13.8 Å². The van der Waals surface area contributed by atoms with Gasteiger partial charge in [-0.15, -0.1) is 0 Å². The first-order valence-electron chi connectivity index (χ1n) is 5.83. The predicted octanol–water partition coefficient (Wildman–Crippen LogP) is 0.367. The summed E-state index contributed by atoms with van der Waals surface area (Å²) in [5.41, 5.74) is 0. The molecule has 2 atom stereocenters. The molecule has 0 aliphatic carbocycles. The maximum absolute atomic E-state index is 11.3. The molecule has 1 aliphatic rings. The van der Waals surface area contributed by atoms with Crippen molar-refractivity contribution in [2.45, 2.75) is 26.1 Å². The monoisotopic (exact) mass is 229 g/mol. The number of likely N-dealkylation sites (N-methyl/N-ethyl adjacent to an activating group) is 1. The lowest BCUT2D eigenvalue weighted by Crippen LogP contribution is -2.48. The average molecular weight is 229 g/mol. The van der Waals surface area contributed by atoms with Crippen molar-refractivity contribution < 1.29 is 9.53 Å². The van der Waals surface area contributed by atoms with Gasteiger partial charge >= 0.3 is 6.03 Å². The van der Waals surface area contributed by atoms with Gasteiger partial charge in [0.05, 0.1) is 12.2 Å². The number of hydrogen-bond donors (Lipinski definition) is 1. The first kappa shape index (κ1) is 13.3. The first-order chi connectivity index (χ1) is 7.52. The van der Waals surface area contributed by atoms with Gasteiger partial charge in [0.25, 0.3) is 0 Å². The van der Waals surface area contributed by atoms with Crippen LogP contribution in [0.3, 0.4) is 0 Å². The van der Waals surface area contributed by atoms with Gasteiger partial charge in [-0.1, -0.05) is 0 Å². The molecule has 5 nitrogen and oxygen atoms in total. The fourth-order valence-electron chi connectivity index (χ4n) is 2.05. The van der Waals surface area contributed by atoms with Crippen LogP contribution in [-0.4, -0.2) is 68.3 Å².